The average molecular weight is 421 g/mol. The number of nitrogens with zero attached hydrogens (tertiary/aromatic N) is 2. The van der Waals surface area contributed by atoms with E-state index in [-0.39, 0.29) is 17.1 Å². The smallest absolute Gasteiger partial charge is 0.418 e. The number of nitrogens with one attached hydrogen (secondary N) is 1. The molecule has 0 aliphatic carbocycles. The number of carbonyl (C=O) groups is 1. The fourth-order valence-electron chi connectivity index (χ4n) is 2.49. The first-order valence-corrected chi connectivity index (χ1v) is 8.12. The van der Waals surface area contributed by atoms with E-state index in [0.29, 0.717) is 0 Å². The van der Waals surface area contributed by atoms with Crippen molar-refractivity contribution in [3.8, 4) is 17.6 Å². The third kappa shape index (κ3) is 4.85. The predicted octanol–water partition coefficient (Wildman–Crippen LogP) is 4.18. The molecule has 8 nitrogen and oxygen atoms in total. The van der Waals surface area contributed by atoms with Crippen molar-refractivity contribution in [3.63, 3.8) is 0 Å². The van der Waals surface area contributed by atoms with Gasteiger partial charge in [0.05, 0.1) is 42.0 Å². The van der Waals surface area contributed by atoms with Crippen LogP contribution >= 0.6 is 0 Å². The molecule has 0 saturated heterocycles. The third-order valence-corrected chi connectivity index (χ3v) is 3.88. The maximum atomic E-state index is 13.1. The minimum atomic E-state index is -4.73. The van der Waals surface area contributed by atoms with E-state index in [4.69, 9.17) is 9.47 Å². The fourth-order valence-corrected chi connectivity index (χ4v) is 2.49. The minimum Gasteiger partial charge on any atom is -0.493 e. The van der Waals surface area contributed by atoms with E-state index in [9.17, 15) is 33.3 Å². The molecule has 0 heterocycles. The number of halogens is 3. The lowest BCUT2D eigenvalue weighted by Crippen LogP contribution is -2.17. The number of hydrogen-bond acceptors (Lipinski definition) is 6. The lowest BCUT2D eigenvalue weighted by atomic mass is 10.1. The van der Waals surface area contributed by atoms with E-state index in [2.05, 4.69) is 0 Å². The molecule has 0 aromatic heterocycles. The summed E-state index contributed by atoms with van der Waals surface area (Å²) in [5.74, 6) is -1.03. The highest BCUT2D eigenvalue weighted by Gasteiger charge is 2.33. The largest absolute Gasteiger partial charge is 0.493 e. The zero-order chi connectivity index (χ0) is 22.5. The van der Waals surface area contributed by atoms with Gasteiger partial charge in [-0.25, -0.2) is 0 Å². The highest BCUT2D eigenvalue weighted by Crippen LogP contribution is 2.36. The van der Waals surface area contributed by atoms with Gasteiger partial charge in [-0.3, -0.25) is 14.9 Å². The standard InChI is InChI=1S/C19H14F3N3O5/c1-29-16-8-11(15(25(27)28)9-17(16)30-2)7-12(10-23)18(26)24-14-6-4-3-5-13(14)19(20,21)22/h3-9H,1-2H3,(H,24,26). The second-order valence-corrected chi connectivity index (χ2v) is 5.69. The summed E-state index contributed by atoms with van der Waals surface area (Å²) in [6.45, 7) is 0. The van der Waals surface area contributed by atoms with Gasteiger partial charge < -0.3 is 14.8 Å². The van der Waals surface area contributed by atoms with Crippen LogP contribution in [0.2, 0.25) is 0 Å². The topological polar surface area (TPSA) is 114 Å². The fraction of sp³-hybridized carbons (Fsp3) is 0.158. The number of nitro benzene ring substituents is 1. The number of rotatable bonds is 6. The molecule has 1 amide bonds. The van der Waals surface area contributed by atoms with Gasteiger partial charge in [-0.15, -0.1) is 0 Å². The Morgan fingerprint density at radius 3 is 2.33 bits per heavy atom. The van der Waals surface area contributed by atoms with E-state index < -0.39 is 39.5 Å². The van der Waals surface area contributed by atoms with Gasteiger partial charge in [0, 0.05) is 0 Å². The molecule has 156 valence electrons. The molecule has 1 N–H and O–H groups in total. The van der Waals surface area contributed by atoms with Crippen molar-refractivity contribution in [1.29, 1.82) is 5.26 Å². The Bertz CT molecular complexity index is 1060. The highest BCUT2D eigenvalue weighted by atomic mass is 19.4. The van der Waals surface area contributed by atoms with Crippen LogP contribution in [0, 0.1) is 21.4 Å². The molecular weight excluding hydrogens is 407 g/mol. The van der Waals surface area contributed by atoms with E-state index >= 15 is 0 Å². The molecule has 0 aliphatic rings. The number of alkyl halides is 3. The average Bonchev–Trinajstić information content (AvgIpc) is 2.70. The SMILES string of the molecule is COc1cc(C=C(C#N)C(=O)Nc2ccccc2C(F)(F)F)c([N+](=O)[O-])cc1OC. The summed E-state index contributed by atoms with van der Waals surface area (Å²) in [6.07, 6.45) is -3.85. The van der Waals surface area contributed by atoms with Gasteiger partial charge in [0.25, 0.3) is 11.6 Å². The van der Waals surface area contributed by atoms with Gasteiger partial charge in [-0.05, 0) is 24.3 Å². The molecule has 0 spiro atoms. The number of para-hydroxylation sites is 1. The Kier molecular flexibility index (Phi) is 6.63. The summed E-state index contributed by atoms with van der Waals surface area (Å²) in [5, 5.41) is 22.7. The number of benzene rings is 2. The van der Waals surface area contributed by atoms with Crippen LogP contribution in [0.15, 0.2) is 42.0 Å². The minimum absolute atomic E-state index is 0.0448. The molecule has 2 rings (SSSR count). The molecule has 2 aromatic carbocycles. The van der Waals surface area contributed by atoms with Crippen LogP contribution in [0.25, 0.3) is 6.08 Å². The zero-order valence-electron chi connectivity index (χ0n) is 15.6. The number of amides is 1. The van der Waals surface area contributed by atoms with Crippen LogP contribution in [-0.4, -0.2) is 25.1 Å². The van der Waals surface area contributed by atoms with Crippen LogP contribution < -0.4 is 14.8 Å². The lowest BCUT2D eigenvalue weighted by Gasteiger charge is -2.13. The second-order valence-electron chi connectivity index (χ2n) is 5.69. The number of methoxy groups -OCH3 is 2. The van der Waals surface area contributed by atoms with Gasteiger partial charge in [0.1, 0.15) is 11.6 Å². The Balaban J connectivity index is 2.50. The number of ether oxygens (including phenoxy) is 2. The molecule has 0 unspecified atom stereocenters. The van der Waals surface area contributed by atoms with Crippen molar-refractivity contribution in [1.82, 2.24) is 0 Å². The molecule has 0 saturated carbocycles. The molecule has 0 radical (unpaired) electrons. The molecular formula is C19H14F3N3O5. The lowest BCUT2D eigenvalue weighted by molar-refractivity contribution is -0.385. The predicted molar refractivity (Wildman–Crippen MR) is 99.9 cm³/mol. The Hall–Kier alpha value is -4.07. The maximum Gasteiger partial charge on any atom is 0.418 e. The summed E-state index contributed by atoms with van der Waals surface area (Å²) in [6, 6.07) is 7.96. The van der Waals surface area contributed by atoms with E-state index in [1.807, 2.05) is 5.32 Å². The van der Waals surface area contributed by atoms with Crippen LogP contribution in [0.3, 0.4) is 0 Å². The first kappa shape index (κ1) is 22.2. The van der Waals surface area contributed by atoms with E-state index in [0.717, 1.165) is 30.3 Å². The molecule has 11 heteroatoms. The maximum absolute atomic E-state index is 13.1. The first-order valence-electron chi connectivity index (χ1n) is 8.12. The summed E-state index contributed by atoms with van der Waals surface area (Å²) < 4.78 is 49.3. The number of nitriles is 1. The van der Waals surface area contributed by atoms with Crippen molar-refractivity contribution >= 4 is 23.4 Å². The van der Waals surface area contributed by atoms with Gasteiger partial charge in [-0.2, -0.15) is 18.4 Å². The summed E-state index contributed by atoms with van der Waals surface area (Å²) in [5.41, 5.74) is -2.98. The van der Waals surface area contributed by atoms with Crippen molar-refractivity contribution in [2.45, 2.75) is 6.18 Å². The number of carbonyl (C=O) groups excluding carboxylic acids is 1. The van der Waals surface area contributed by atoms with Crippen molar-refractivity contribution in [3.05, 3.63) is 63.2 Å². The number of hydrogen-bond donors (Lipinski definition) is 1. The van der Waals surface area contributed by atoms with Crippen LogP contribution in [0.1, 0.15) is 11.1 Å². The molecule has 0 fully saturated rings. The van der Waals surface area contributed by atoms with Crippen molar-refractivity contribution in [2.75, 3.05) is 19.5 Å². The molecule has 0 bridgehead atoms. The molecule has 0 aliphatic heterocycles. The van der Waals surface area contributed by atoms with Gasteiger partial charge in [0.2, 0.25) is 0 Å². The monoisotopic (exact) mass is 421 g/mol. The second kappa shape index (κ2) is 8.95. The number of anilines is 1. The molecule has 0 atom stereocenters. The summed E-state index contributed by atoms with van der Waals surface area (Å²) in [7, 11) is 2.55. The van der Waals surface area contributed by atoms with Crippen LogP contribution in [0.4, 0.5) is 24.5 Å². The highest BCUT2D eigenvalue weighted by molar-refractivity contribution is 6.10. The Morgan fingerprint density at radius 2 is 1.80 bits per heavy atom. The van der Waals surface area contributed by atoms with E-state index in [1.165, 1.54) is 32.4 Å². The third-order valence-electron chi connectivity index (χ3n) is 3.88. The summed E-state index contributed by atoms with van der Waals surface area (Å²) in [4.78, 5) is 23.0. The molecule has 30 heavy (non-hydrogen) atoms. The van der Waals surface area contributed by atoms with Crippen LogP contribution in [0.5, 0.6) is 11.5 Å². The zero-order valence-corrected chi connectivity index (χ0v) is 15.6. The quantitative estimate of drug-likeness (QED) is 0.324. The van der Waals surface area contributed by atoms with Crippen LogP contribution in [-0.2, 0) is 11.0 Å². The molecule has 2 aromatic rings. The van der Waals surface area contributed by atoms with E-state index in [1.54, 1.807) is 0 Å². The summed E-state index contributed by atoms with van der Waals surface area (Å²) >= 11 is 0. The number of nitro groups is 1. The Labute approximate surface area is 168 Å². The Morgan fingerprint density at radius 1 is 1.20 bits per heavy atom. The van der Waals surface area contributed by atoms with Crippen molar-refractivity contribution in [2.24, 2.45) is 0 Å². The van der Waals surface area contributed by atoms with Gasteiger partial charge in [0.15, 0.2) is 11.5 Å². The van der Waals surface area contributed by atoms with Gasteiger partial charge in [-0.1, -0.05) is 12.1 Å². The van der Waals surface area contributed by atoms with Gasteiger partial charge >= 0.3 is 6.18 Å². The first-order chi connectivity index (χ1) is 14.1. The normalized spacial score (nSPS) is 11.4. The van der Waals surface area contributed by atoms with Crippen molar-refractivity contribution < 1.29 is 32.4 Å².